The number of nitrogens with one attached hydrogen (secondary N) is 2. The van der Waals surface area contributed by atoms with E-state index in [4.69, 9.17) is 5.73 Å². The molecular weight excluding hydrogens is 546 g/mol. The molecule has 1 aromatic heterocycles. The van der Waals surface area contributed by atoms with Crippen molar-refractivity contribution in [2.24, 2.45) is 5.73 Å². The maximum atomic E-state index is 14.5. The molecular formula is C28H27F4N5O4. The molecule has 0 spiro atoms. The van der Waals surface area contributed by atoms with Crippen molar-refractivity contribution in [1.82, 2.24) is 10.3 Å². The van der Waals surface area contributed by atoms with Crippen LogP contribution in [-0.2, 0) is 22.4 Å². The van der Waals surface area contributed by atoms with E-state index >= 15 is 0 Å². The van der Waals surface area contributed by atoms with E-state index in [2.05, 4.69) is 15.6 Å². The van der Waals surface area contributed by atoms with Crippen LogP contribution in [0.25, 0.3) is 11.3 Å². The third-order valence-electron chi connectivity index (χ3n) is 7.38. The molecule has 0 saturated heterocycles. The lowest BCUT2D eigenvalue weighted by Crippen LogP contribution is -2.51. The number of hydrogen-bond donors (Lipinski definition) is 5. The van der Waals surface area contributed by atoms with E-state index in [-0.39, 0.29) is 48.8 Å². The Morgan fingerprint density at radius 3 is 2.56 bits per heavy atom. The monoisotopic (exact) mass is 573 g/mol. The molecule has 2 unspecified atom stereocenters. The van der Waals surface area contributed by atoms with Crippen molar-refractivity contribution in [2.45, 2.75) is 30.7 Å². The number of anilines is 2. The first kappa shape index (κ1) is 28.5. The van der Waals surface area contributed by atoms with Crippen LogP contribution < -0.4 is 21.3 Å². The van der Waals surface area contributed by atoms with Gasteiger partial charge in [0.05, 0.1) is 42.2 Å². The van der Waals surface area contributed by atoms with E-state index in [9.17, 15) is 37.4 Å². The second-order valence-corrected chi connectivity index (χ2v) is 10.4. The van der Waals surface area contributed by atoms with Gasteiger partial charge in [-0.2, -0.15) is 13.2 Å². The van der Waals surface area contributed by atoms with Gasteiger partial charge in [0.2, 0.25) is 11.5 Å². The molecule has 0 fully saturated rings. The Labute approximate surface area is 232 Å². The molecule has 2 aliphatic rings. The first-order valence-corrected chi connectivity index (χ1v) is 12.7. The zero-order valence-corrected chi connectivity index (χ0v) is 21.8. The summed E-state index contributed by atoms with van der Waals surface area (Å²) in [6, 6.07) is 10.3. The van der Waals surface area contributed by atoms with Gasteiger partial charge in [-0.05, 0) is 61.0 Å². The number of carbonyl (C=O) groups excluding carboxylic acids is 2. The van der Waals surface area contributed by atoms with Gasteiger partial charge in [0, 0.05) is 35.5 Å². The fraction of sp³-hybridized carbons (Fsp3) is 0.321. The summed E-state index contributed by atoms with van der Waals surface area (Å²) in [5.41, 5.74) is 2.77. The van der Waals surface area contributed by atoms with Crippen molar-refractivity contribution in [3.63, 3.8) is 0 Å². The molecule has 0 radical (unpaired) electrons. The average Bonchev–Trinajstić information content (AvgIpc) is 3.40. The van der Waals surface area contributed by atoms with Gasteiger partial charge >= 0.3 is 6.18 Å². The summed E-state index contributed by atoms with van der Waals surface area (Å²) in [7, 11) is 0. The lowest BCUT2D eigenvalue weighted by atomic mass is 9.89. The predicted octanol–water partition coefficient (Wildman–Crippen LogP) is 2.55. The summed E-state index contributed by atoms with van der Waals surface area (Å²) in [5.74, 6) is -1.74. The Morgan fingerprint density at radius 1 is 1.20 bits per heavy atom. The van der Waals surface area contributed by atoms with E-state index in [1.807, 2.05) is 0 Å². The predicted molar refractivity (Wildman–Crippen MR) is 142 cm³/mol. The number of aliphatic hydroxyl groups is 2. The number of nitrogens with two attached hydrogens (primary N) is 1. The Hall–Kier alpha value is -4.07. The van der Waals surface area contributed by atoms with Crippen LogP contribution in [0.1, 0.15) is 34.1 Å². The maximum absolute atomic E-state index is 14.5. The highest BCUT2D eigenvalue weighted by Gasteiger charge is 2.57. The molecule has 216 valence electrons. The third kappa shape index (κ3) is 5.00. The molecule has 6 N–H and O–H groups in total. The third-order valence-corrected chi connectivity index (χ3v) is 7.38. The van der Waals surface area contributed by atoms with Gasteiger partial charge in [0.1, 0.15) is 5.82 Å². The quantitative estimate of drug-likeness (QED) is 0.274. The summed E-state index contributed by atoms with van der Waals surface area (Å²) in [4.78, 5) is 30.7. The fourth-order valence-corrected chi connectivity index (χ4v) is 5.09. The molecule has 2 amide bonds. The zero-order valence-electron chi connectivity index (χ0n) is 21.8. The van der Waals surface area contributed by atoms with Crippen LogP contribution in [0.2, 0.25) is 0 Å². The summed E-state index contributed by atoms with van der Waals surface area (Å²) < 4.78 is 57.1. The van der Waals surface area contributed by atoms with Crippen LogP contribution in [0, 0.1) is 5.82 Å². The Balaban J connectivity index is 1.49. The molecule has 0 saturated carbocycles. The largest absolute Gasteiger partial charge is 0.424 e. The van der Waals surface area contributed by atoms with Crippen molar-refractivity contribution >= 4 is 23.2 Å². The lowest BCUT2D eigenvalue weighted by Gasteiger charge is -2.31. The number of pyridine rings is 1. The molecule has 3 heterocycles. The van der Waals surface area contributed by atoms with Crippen LogP contribution in [0.3, 0.4) is 0 Å². The smallest absolute Gasteiger partial charge is 0.395 e. The Kier molecular flexibility index (Phi) is 7.00. The van der Waals surface area contributed by atoms with Crippen LogP contribution >= 0.6 is 0 Å². The van der Waals surface area contributed by atoms with Crippen LogP contribution in [0.5, 0.6) is 0 Å². The minimum atomic E-state index is -5.27. The summed E-state index contributed by atoms with van der Waals surface area (Å²) in [6.07, 6.45) is -5.30. The Bertz CT molecular complexity index is 1530. The molecule has 0 aliphatic carbocycles. The number of fused-ring (bicyclic) bond motifs is 2. The molecule has 0 bridgehead atoms. The van der Waals surface area contributed by atoms with Gasteiger partial charge < -0.3 is 31.5 Å². The molecule has 2 atom stereocenters. The van der Waals surface area contributed by atoms with E-state index in [1.54, 1.807) is 6.92 Å². The number of carbonyl (C=O) groups is 2. The van der Waals surface area contributed by atoms with Gasteiger partial charge in [-0.3, -0.25) is 9.59 Å². The number of rotatable bonds is 7. The van der Waals surface area contributed by atoms with Gasteiger partial charge in [-0.25, -0.2) is 9.37 Å². The molecule has 2 aromatic carbocycles. The van der Waals surface area contributed by atoms with Crippen molar-refractivity contribution in [3.8, 4) is 11.3 Å². The fourth-order valence-electron chi connectivity index (χ4n) is 5.09. The highest BCUT2D eigenvalue weighted by Crippen LogP contribution is 2.45. The summed E-state index contributed by atoms with van der Waals surface area (Å²) in [5, 5.41) is 25.5. The molecule has 41 heavy (non-hydrogen) atoms. The van der Waals surface area contributed by atoms with Gasteiger partial charge in [-0.1, -0.05) is 0 Å². The summed E-state index contributed by atoms with van der Waals surface area (Å²) in [6.45, 7) is 0.326. The molecule has 5 rings (SSSR count). The molecule has 3 aromatic rings. The van der Waals surface area contributed by atoms with Crippen molar-refractivity contribution in [2.75, 3.05) is 36.5 Å². The van der Waals surface area contributed by atoms with Crippen molar-refractivity contribution in [1.29, 1.82) is 0 Å². The standard InChI is InChI=1S/C28H27F4N5O4/c1-26(33)13-34-24-19(26)12-21(36-23(24)15-2-5-18(29)6-3-15)27(41,28(30,31)32)14-35-25(40)16-4-7-20-17(10-16)11-22(39)37(20)8-9-38/h2-7,10,12,34,38,41H,8-9,11,13-14,33H2,1H3,(H,35,40). The second kappa shape index (κ2) is 10.1. The number of β-amino-alcohol motifs (C(OH)–C–C–N with tert-alkyl or cyclic N) is 1. The van der Waals surface area contributed by atoms with E-state index in [1.165, 1.54) is 35.2 Å². The van der Waals surface area contributed by atoms with E-state index in [0.717, 1.165) is 18.2 Å². The van der Waals surface area contributed by atoms with Gasteiger partial charge in [0.25, 0.3) is 5.91 Å². The van der Waals surface area contributed by atoms with E-state index < -0.39 is 41.3 Å². The number of nitrogens with zero attached hydrogens (tertiary/aromatic N) is 2. The average molecular weight is 574 g/mol. The number of aliphatic hydroxyl groups excluding tert-OH is 1. The SMILES string of the molecule is CC1(N)CNc2c1cc(C(O)(CNC(=O)c1ccc3c(c1)CC(=O)N3CCO)C(F)(F)F)nc2-c1ccc(F)cc1. The number of alkyl halides is 3. The molecule has 13 heteroatoms. The lowest BCUT2D eigenvalue weighted by molar-refractivity contribution is -0.265. The number of halogens is 4. The number of aromatic nitrogens is 1. The number of benzene rings is 2. The van der Waals surface area contributed by atoms with Crippen molar-refractivity contribution < 1.29 is 37.4 Å². The number of hydrogen-bond acceptors (Lipinski definition) is 7. The minimum absolute atomic E-state index is 0.0143. The van der Waals surface area contributed by atoms with Gasteiger partial charge in [0.15, 0.2) is 0 Å². The first-order chi connectivity index (χ1) is 19.2. The van der Waals surface area contributed by atoms with Gasteiger partial charge in [-0.15, -0.1) is 0 Å². The topological polar surface area (TPSA) is 141 Å². The van der Waals surface area contributed by atoms with E-state index in [0.29, 0.717) is 22.5 Å². The minimum Gasteiger partial charge on any atom is -0.395 e. The first-order valence-electron chi connectivity index (χ1n) is 12.7. The van der Waals surface area contributed by atoms with Crippen LogP contribution in [-0.4, -0.2) is 59.4 Å². The van der Waals surface area contributed by atoms with Crippen LogP contribution in [0.15, 0.2) is 48.5 Å². The number of amides is 2. The highest BCUT2D eigenvalue weighted by atomic mass is 19.4. The molecule has 2 aliphatic heterocycles. The highest BCUT2D eigenvalue weighted by molar-refractivity contribution is 6.03. The normalized spacial score (nSPS) is 19.4. The zero-order chi connectivity index (χ0) is 29.7. The molecule has 9 nitrogen and oxygen atoms in total. The second-order valence-electron chi connectivity index (χ2n) is 10.4. The van der Waals surface area contributed by atoms with Crippen LogP contribution in [0.4, 0.5) is 28.9 Å². The Morgan fingerprint density at radius 2 is 1.90 bits per heavy atom. The maximum Gasteiger partial charge on any atom is 0.424 e. The summed E-state index contributed by atoms with van der Waals surface area (Å²) >= 11 is 0. The van der Waals surface area contributed by atoms with Crippen molar-refractivity contribution in [3.05, 3.63) is 76.7 Å².